The van der Waals surface area contributed by atoms with E-state index >= 15 is 0 Å². The normalized spacial score (nSPS) is 23.9. The predicted molar refractivity (Wildman–Crippen MR) is 351 cm³/mol. The molecule has 0 aromatic heterocycles. The predicted octanol–water partition coefficient (Wildman–Crippen LogP) is 19.8. The number of fused-ring (bicyclic) bond motifs is 10. The lowest BCUT2D eigenvalue weighted by atomic mass is 9.30. The molecule has 1 saturated carbocycles. The minimum atomic E-state index is -0.287. The quantitative estimate of drug-likeness (QED) is 0.163. The number of benzene rings is 6. The molecule has 6 aromatic rings. The van der Waals surface area contributed by atoms with E-state index < -0.39 is 0 Å². The Morgan fingerprint density at radius 2 is 0.926 bits per heavy atom. The molecule has 3 aliphatic heterocycles. The van der Waals surface area contributed by atoms with Crippen molar-refractivity contribution in [2.75, 3.05) is 14.7 Å². The molecule has 6 aromatic carbocycles. The molecule has 0 N–H and O–H groups in total. The SMILES string of the molecule is CC(C)(C)c1ccc(N(c2ccc(C(C)(C)C)cc2)c2cc3c4c(c2)N2c5c(cc(C(C)(C)C)cc5C5(C)CCCCC25C)B4C2=C(c4cc5c(cc4C2(C)C)C(C)(C)CCC5(C)C)N3c2ccc3c(c2)C(C)(C)CCC3(C)C)cc1. The van der Waals surface area contributed by atoms with Gasteiger partial charge in [0.1, 0.15) is 0 Å². The van der Waals surface area contributed by atoms with Gasteiger partial charge >= 0.3 is 0 Å². The van der Waals surface area contributed by atoms with E-state index in [4.69, 9.17) is 0 Å². The van der Waals surface area contributed by atoms with E-state index in [9.17, 15) is 0 Å². The van der Waals surface area contributed by atoms with Crippen molar-refractivity contribution in [3.8, 4) is 0 Å². The monoisotopic (exact) mass is 1070 g/mol. The highest BCUT2D eigenvalue weighted by atomic mass is 15.3. The Bertz CT molecular complexity index is 3610. The van der Waals surface area contributed by atoms with E-state index in [0.29, 0.717) is 0 Å². The summed E-state index contributed by atoms with van der Waals surface area (Å²) in [5, 5.41) is 0. The van der Waals surface area contributed by atoms with Crippen molar-refractivity contribution in [1.82, 2.24) is 0 Å². The van der Waals surface area contributed by atoms with Crippen LogP contribution in [-0.4, -0.2) is 12.3 Å². The molecular formula is C77H96BN3. The van der Waals surface area contributed by atoms with Crippen LogP contribution >= 0.6 is 0 Å². The van der Waals surface area contributed by atoms with Crippen molar-refractivity contribution < 1.29 is 0 Å². The van der Waals surface area contributed by atoms with E-state index in [1.54, 1.807) is 16.6 Å². The van der Waals surface area contributed by atoms with Gasteiger partial charge in [0.25, 0.3) is 0 Å². The number of nitrogens with zero attached hydrogens (tertiary/aromatic N) is 3. The molecule has 4 heteroatoms. The number of rotatable bonds is 4. The molecule has 7 aliphatic rings. The maximum atomic E-state index is 2.98. The lowest BCUT2D eigenvalue weighted by Crippen LogP contribution is -2.62. The summed E-state index contributed by atoms with van der Waals surface area (Å²) >= 11 is 0. The highest BCUT2D eigenvalue weighted by Gasteiger charge is 2.63. The van der Waals surface area contributed by atoms with Gasteiger partial charge in [-0.25, -0.2) is 0 Å². The van der Waals surface area contributed by atoms with Crippen molar-refractivity contribution in [2.45, 2.75) is 251 Å². The van der Waals surface area contributed by atoms with Crippen molar-refractivity contribution >= 4 is 63.1 Å². The lowest BCUT2D eigenvalue weighted by molar-refractivity contribution is 0.195. The van der Waals surface area contributed by atoms with Crippen LogP contribution in [0, 0.1) is 0 Å². The van der Waals surface area contributed by atoms with Gasteiger partial charge in [-0.1, -0.05) is 205 Å². The van der Waals surface area contributed by atoms with Gasteiger partial charge in [0.2, 0.25) is 6.71 Å². The number of hydrogen-bond acceptors (Lipinski definition) is 3. The Morgan fingerprint density at radius 3 is 1.47 bits per heavy atom. The molecule has 2 atom stereocenters. The highest BCUT2D eigenvalue weighted by molar-refractivity contribution is 6.96. The first kappa shape index (κ1) is 54.8. The van der Waals surface area contributed by atoms with E-state index in [1.807, 2.05) is 0 Å². The molecule has 422 valence electrons. The maximum Gasteiger partial charge on any atom is 0.248 e. The van der Waals surface area contributed by atoms with Crippen LogP contribution < -0.4 is 25.6 Å². The third-order valence-corrected chi connectivity index (χ3v) is 23.0. The molecule has 4 aliphatic carbocycles. The Kier molecular flexibility index (Phi) is 11.4. The van der Waals surface area contributed by atoms with Crippen LogP contribution in [0.5, 0.6) is 0 Å². The summed E-state index contributed by atoms with van der Waals surface area (Å²) in [6.45, 7) is 52.1. The molecule has 81 heavy (non-hydrogen) atoms. The van der Waals surface area contributed by atoms with E-state index in [2.05, 4.69) is 263 Å². The average Bonchev–Trinajstić information content (AvgIpc) is 4.00. The minimum absolute atomic E-state index is 0.0265. The largest absolute Gasteiger partial charge is 0.335 e. The van der Waals surface area contributed by atoms with Gasteiger partial charge in [-0.15, -0.1) is 0 Å². The summed E-state index contributed by atoms with van der Waals surface area (Å²) in [5.74, 6) is 0. The fourth-order valence-electron chi connectivity index (χ4n) is 17.2. The second-order valence-electron chi connectivity index (χ2n) is 33.6. The molecule has 3 heterocycles. The van der Waals surface area contributed by atoms with Crippen molar-refractivity contribution in [2.24, 2.45) is 0 Å². The first-order valence-corrected chi connectivity index (χ1v) is 31.6. The van der Waals surface area contributed by atoms with Crippen LogP contribution in [0.1, 0.15) is 252 Å². The average molecular weight is 1070 g/mol. The van der Waals surface area contributed by atoms with Gasteiger partial charge in [-0.3, -0.25) is 0 Å². The lowest BCUT2D eigenvalue weighted by Gasteiger charge is -2.53. The van der Waals surface area contributed by atoms with E-state index in [1.165, 1.54) is 146 Å². The standard InChI is InChI=1S/C77H96BN3/c1-68(2,3)47-24-28-50(29-25-47)79(51-30-26-48(27-31-51)69(4,5)6)53-43-62-64-63(44-53)81-66-60(76(20)34-22-23-35-77(76,81)21)40-49(70(7,8)9)41-61(66)78(64)67-65(80(62)52-32-33-55-57(42-52)72(12,13)37-36-71(55,10)11)54-45-58-59(46-56(54)75(67,18)19)74(16,17)39-38-73(58,14)15/h24-33,40-46H,22-23,34-39H2,1-21H3. The summed E-state index contributed by atoms with van der Waals surface area (Å²) in [7, 11) is 0. The van der Waals surface area contributed by atoms with Gasteiger partial charge in [0.15, 0.2) is 0 Å². The van der Waals surface area contributed by atoms with Gasteiger partial charge in [-0.05, 0) is 199 Å². The van der Waals surface area contributed by atoms with Gasteiger partial charge < -0.3 is 14.7 Å². The van der Waals surface area contributed by atoms with Crippen molar-refractivity contribution in [3.05, 3.63) is 164 Å². The van der Waals surface area contributed by atoms with Crippen LogP contribution in [-0.2, 0) is 48.7 Å². The summed E-state index contributed by atoms with van der Waals surface area (Å²) in [5.41, 5.74) is 29.6. The molecule has 1 fully saturated rings. The molecule has 0 spiro atoms. The van der Waals surface area contributed by atoms with Crippen LogP contribution in [0.25, 0.3) is 5.70 Å². The molecular weight excluding hydrogens is 978 g/mol. The molecule has 13 rings (SSSR count). The second-order valence-corrected chi connectivity index (χ2v) is 33.6. The molecule has 3 nitrogen and oxygen atoms in total. The second kappa shape index (κ2) is 16.9. The summed E-state index contributed by atoms with van der Waals surface area (Å²) in [6.07, 6.45) is 9.57. The van der Waals surface area contributed by atoms with E-state index in [0.717, 1.165) is 6.42 Å². The summed E-state index contributed by atoms with van der Waals surface area (Å²) in [4.78, 5) is 8.44. The molecule has 0 radical (unpaired) electrons. The third kappa shape index (κ3) is 7.71. The Balaban J connectivity index is 1.20. The zero-order valence-corrected chi connectivity index (χ0v) is 53.9. The smallest absolute Gasteiger partial charge is 0.248 e. The zero-order valence-electron chi connectivity index (χ0n) is 53.9. The Hall–Kier alpha value is -5.48. The van der Waals surface area contributed by atoms with Crippen molar-refractivity contribution in [1.29, 1.82) is 0 Å². The van der Waals surface area contributed by atoms with Crippen LogP contribution in [0.3, 0.4) is 0 Å². The Labute approximate surface area is 490 Å². The maximum absolute atomic E-state index is 2.98. The fourth-order valence-corrected chi connectivity index (χ4v) is 17.2. The molecule has 0 saturated heterocycles. The minimum Gasteiger partial charge on any atom is -0.335 e. The highest BCUT2D eigenvalue weighted by Crippen LogP contribution is 2.66. The fraction of sp³-hybridized carbons (Fsp3) is 0.506. The molecule has 0 bridgehead atoms. The topological polar surface area (TPSA) is 9.72 Å². The third-order valence-electron chi connectivity index (χ3n) is 23.0. The van der Waals surface area contributed by atoms with Gasteiger partial charge in [0.05, 0.1) is 11.2 Å². The first-order valence-electron chi connectivity index (χ1n) is 31.6. The van der Waals surface area contributed by atoms with Crippen molar-refractivity contribution in [3.63, 3.8) is 0 Å². The zero-order chi connectivity index (χ0) is 58.1. The first-order chi connectivity index (χ1) is 37.5. The molecule has 2 unspecified atom stereocenters. The van der Waals surface area contributed by atoms with E-state index in [-0.39, 0.29) is 61.0 Å². The molecule has 0 amide bonds. The van der Waals surface area contributed by atoms with Gasteiger partial charge in [-0.2, -0.15) is 0 Å². The summed E-state index contributed by atoms with van der Waals surface area (Å²) in [6, 6.07) is 43.1. The van der Waals surface area contributed by atoms with Gasteiger partial charge in [0, 0.05) is 56.2 Å². The number of allylic oxidation sites excluding steroid dienone is 1. The van der Waals surface area contributed by atoms with Crippen LogP contribution in [0.4, 0.5) is 39.8 Å². The Morgan fingerprint density at radius 1 is 0.432 bits per heavy atom. The number of hydrogen-bond donors (Lipinski definition) is 0. The number of anilines is 7. The van der Waals surface area contributed by atoms with Crippen LogP contribution in [0.15, 0.2) is 109 Å². The van der Waals surface area contributed by atoms with Crippen LogP contribution in [0.2, 0.25) is 0 Å². The summed E-state index contributed by atoms with van der Waals surface area (Å²) < 4.78 is 0.